The zero-order chi connectivity index (χ0) is 17.6. The topological polar surface area (TPSA) is 70.0 Å². The summed E-state index contributed by atoms with van der Waals surface area (Å²) in [4.78, 5) is 23.6. The van der Waals surface area contributed by atoms with Crippen molar-refractivity contribution in [1.82, 2.24) is 5.32 Å². The van der Waals surface area contributed by atoms with Crippen molar-refractivity contribution < 1.29 is 9.59 Å². The van der Waals surface area contributed by atoms with Gasteiger partial charge in [-0.3, -0.25) is 9.59 Å². The third-order valence-corrected chi connectivity index (χ3v) is 6.33. The lowest BCUT2D eigenvalue weighted by atomic mass is 10.1. The molecule has 1 aromatic rings. The van der Waals surface area contributed by atoms with Gasteiger partial charge in [-0.2, -0.15) is 5.26 Å². The molecule has 2 atom stereocenters. The Morgan fingerprint density at radius 3 is 2.79 bits per heavy atom. The molecule has 1 aromatic carbocycles. The van der Waals surface area contributed by atoms with E-state index in [1.165, 1.54) is 23.5 Å². The van der Waals surface area contributed by atoms with Crippen LogP contribution >= 0.6 is 35.7 Å². The number of hydrogen-bond donors (Lipinski definition) is 1. The van der Waals surface area contributed by atoms with Crippen molar-refractivity contribution in [3.63, 3.8) is 0 Å². The fourth-order valence-corrected chi connectivity index (χ4v) is 4.75. The Kier molecular flexibility index (Phi) is 6.84. The lowest BCUT2D eigenvalue weighted by Crippen LogP contribution is -2.37. The van der Waals surface area contributed by atoms with Crippen LogP contribution in [0.4, 0.5) is 0 Å². The van der Waals surface area contributed by atoms with Crippen LogP contribution in [0.2, 0.25) is 0 Å². The van der Waals surface area contributed by atoms with Crippen molar-refractivity contribution in [2.24, 2.45) is 0 Å². The average molecular weight is 379 g/mol. The number of carbonyl (C=O) groups is 2. The molecule has 0 aliphatic carbocycles. The molecule has 4 nitrogen and oxygen atoms in total. The SMILES string of the molecule is CC(C#N)(CCC(=O)NC1CCSC1=O)SC(=S)c1ccccc1. The van der Waals surface area contributed by atoms with Gasteiger partial charge in [0.25, 0.3) is 0 Å². The van der Waals surface area contributed by atoms with E-state index in [-0.39, 0.29) is 23.5 Å². The third-order valence-electron chi connectivity index (χ3n) is 3.66. The summed E-state index contributed by atoms with van der Waals surface area (Å²) in [5.41, 5.74) is 0.900. The standard InChI is InChI=1S/C17H18N2O2S3/c1-17(11-18,24-16(22)12-5-3-2-4-6-12)9-7-14(20)19-13-8-10-23-15(13)21/h2-6,13H,7-10H2,1H3,(H,19,20). The third kappa shape index (κ3) is 5.33. The first kappa shape index (κ1) is 19.0. The molecule has 0 bridgehead atoms. The van der Waals surface area contributed by atoms with Crippen molar-refractivity contribution in [1.29, 1.82) is 5.26 Å². The lowest BCUT2D eigenvalue weighted by Gasteiger charge is -2.21. The van der Waals surface area contributed by atoms with E-state index >= 15 is 0 Å². The molecule has 1 aliphatic heterocycles. The Balaban J connectivity index is 1.88. The van der Waals surface area contributed by atoms with Gasteiger partial charge in [0.2, 0.25) is 11.0 Å². The minimum absolute atomic E-state index is 0.0195. The number of nitriles is 1. The number of carbonyl (C=O) groups excluding carboxylic acids is 2. The summed E-state index contributed by atoms with van der Waals surface area (Å²) in [6.45, 7) is 1.79. The van der Waals surface area contributed by atoms with Gasteiger partial charge in [-0.05, 0) is 25.3 Å². The predicted octanol–water partition coefficient (Wildman–Crippen LogP) is 3.31. The van der Waals surface area contributed by atoms with Gasteiger partial charge in [0.15, 0.2) is 0 Å². The lowest BCUT2D eigenvalue weighted by molar-refractivity contribution is -0.124. The zero-order valence-corrected chi connectivity index (χ0v) is 15.7. The van der Waals surface area contributed by atoms with Crippen LogP contribution in [0.5, 0.6) is 0 Å². The highest BCUT2D eigenvalue weighted by atomic mass is 32.2. The fourth-order valence-electron chi connectivity index (χ4n) is 2.21. The first-order valence-corrected chi connectivity index (χ1v) is 9.80. The smallest absolute Gasteiger partial charge is 0.220 e. The average Bonchev–Trinajstić information content (AvgIpc) is 2.99. The second kappa shape index (κ2) is 8.65. The van der Waals surface area contributed by atoms with Gasteiger partial charge in [0, 0.05) is 12.2 Å². The number of nitrogens with zero attached hydrogens (tertiary/aromatic N) is 1. The molecule has 1 N–H and O–H groups in total. The summed E-state index contributed by atoms with van der Waals surface area (Å²) in [6, 6.07) is 11.4. The molecule has 126 valence electrons. The summed E-state index contributed by atoms with van der Waals surface area (Å²) in [7, 11) is 0. The van der Waals surface area contributed by atoms with Gasteiger partial charge in [0.05, 0.1) is 16.3 Å². The largest absolute Gasteiger partial charge is 0.345 e. The molecule has 24 heavy (non-hydrogen) atoms. The summed E-state index contributed by atoms with van der Waals surface area (Å²) < 4.78 is -0.138. The second-order valence-corrected chi connectivity index (χ2v) is 8.95. The molecule has 1 aliphatic rings. The molecule has 7 heteroatoms. The molecule has 1 saturated heterocycles. The Hall–Kier alpha value is -1.36. The van der Waals surface area contributed by atoms with Crippen LogP contribution in [0.25, 0.3) is 0 Å². The van der Waals surface area contributed by atoms with Gasteiger partial charge in [-0.25, -0.2) is 0 Å². The van der Waals surface area contributed by atoms with E-state index < -0.39 is 4.75 Å². The van der Waals surface area contributed by atoms with Crippen LogP contribution in [0.3, 0.4) is 0 Å². The van der Waals surface area contributed by atoms with Crippen LogP contribution in [-0.2, 0) is 9.59 Å². The molecular formula is C17H18N2O2S3. The Morgan fingerprint density at radius 2 is 2.21 bits per heavy atom. The van der Waals surface area contributed by atoms with E-state index in [9.17, 15) is 14.9 Å². The van der Waals surface area contributed by atoms with Gasteiger partial charge in [-0.15, -0.1) is 0 Å². The normalized spacial score (nSPS) is 19.3. The highest BCUT2D eigenvalue weighted by molar-refractivity contribution is 8.24. The molecule has 0 aromatic heterocycles. The highest BCUT2D eigenvalue weighted by Crippen LogP contribution is 2.33. The Bertz CT molecular complexity index is 672. The van der Waals surface area contributed by atoms with Crippen molar-refractivity contribution in [3.8, 4) is 6.07 Å². The molecule has 1 fully saturated rings. The van der Waals surface area contributed by atoms with Crippen molar-refractivity contribution >= 4 is 51.0 Å². The van der Waals surface area contributed by atoms with E-state index in [0.29, 0.717) is 17.0 Å². The van der Waals surface area contributed by atoms with Crippen molar-refractivity contribution in [3.05, 3.63) is 35.9 Å². The van der Waals surface area contributed by atoms with Crippen LogP contribution in [-0.4, -0.2) is 31.8 Å². The molecule has 1 amide bonds. The van der Waals surface area contributed by atoms with Crippen LogP contribution in [0.15, 0.2) is 30.3 Å². The van der Waals surface area contributed by atoms with Gasteiger partial charge < -0.3 is 5.32 Å². The summed E-state index contributed by atoms with van der Waals surface area (Å²) in [5.74, 6) is 0.560. The monoisotopic (exact) mass is 378 g/mol. The zero-order valence-electron chi connectivity index (χ0n) is 13.3. The number of nitrogens with one attached hydrogen (secondary N) is 1. The van der Waals surface area contributed by atoms with Gasteiger partial charge in [-0.1, -0.05) is 66.1 Å². The minimum Gasteiger partial charge on any atom is -0.345 e. The van der Waals surface area contributed by atoms with Gasteiger partial charge >= 0.3 is 0 Å². The first-order valence-electron chi connectivity index (χ1n) is 7.59. The molecule has 2 rings (SSSR count). The Labute approximate surface area is 155 Å². The van der Waals surface area contributed by atoms with E-state index in [4.69, 9.17) is 12.2 Å². The van der Waals surface area contributed by atoms with Crippen LogP contribution in [0, 0.1) is 11.3 Å². The second-order valence-electron chi connectivity index (χ2n) is 5.67. The van der Waals surface area contributed by atoms with E-state index in [2.05, 4.69) is 11.4 Å². The molecule has 2 unspecified atom stereocenters. The number of rotatable bonds is 6. The van der Waals surface area contributed by atoms with E-state index in [1.807, 2.05) is 30.3 Å². The molecule has 0 spiro atoms. The maximum atomic E-state index is 12.0. The van der Waals surface area contributed by atoms with Crippen molar-refractivity contribution in [2.45, 2.75) is 37.0 Å². The quantitative estimate of drug-likeness (QED) is 0.766. The number of thiocarbonyl (C=S) groups is 1. The maximum Gasteiger partial charge on any atom is 0.220 e. The van der Waals surface area contributed by atoms with E-state index in [0.717, 1.165) is 11.3 Å². The number of thioether (sulfide) groups is 2. The number of amides is 1. The maximum absolute atomic E-state index is 12.0. The molecule has 1 heterocycles. The first-order chi connectivity index (χ1) is 11.4. The van der Waals surface area contributed by atoms with Crippen molar-refractivity contribution in [2.75, 3.05) is 5.75 Å². The Morgan fingerprint density at radius 1 is 1.50 bits per heavy atom. The molecule has 0 saturated carbocycles. The fraction of sp³-hybridized carbons (Fsp3) is 0.412. The van der Waals surface area contributed by atoms with Gasteiger partial charge in [0.1, 0.15) is 4.75 Å². The van der Waals surface area contributed by atoms with Crippen LogP contribution < -0.4 is 5.32 Å². The summed E-state index contributed by atoms with van der Waals surface area (Å²) in [6.07, 6.45) is 1.25. The highest BCUT2D eigenvalue weighted by Gasteiger charge is 2.30. The van der Waals surface area contributed by atoms with Crippen LogP contribution in [0.1, 0.15) is 31.7 Å². The molecular weight excluding hydrogens is 360 g/mol. The predicted molar refractivity (Wildman–Crippen MR) is 103 cm³/mol. The summed E-state index contributed by atoms with van der Waals surface area (Å²) in [5, 5.41) is 12.3. The number of hydrogen-bond acceptors (Lipinski definition) is 6. The van der Waals surface area contributed by atoms with E-state index in [1.54, 1.807) is 6.92 Å². The molecule has 0 radical (unpaired) electrons. The number of benzene rings is 1. The summed E-state index contributed by atoms with van der Waals surface area (Å²) >= 11 is 7.97. The minimum atomic E-state index is -0.779.